The first-order valence-corrected chi connectivity index (χ1v) is 7.92. The van der Waals surface area contributed by atoms with E-state index < -0.39 is 0 Å². The van der Waals surface area contributed by atoms with Gasteiger partial charge in [0.2, 0.25) is 0 Å². The normalized spacial score (nSPS) is 19.8. The fourth-order valence-electron chi connectivity index (χ4n) is 2.85. The van der Waals surface area contributed by atoms with Crippen LogP contribution in [0.1, 0.15) is 25.3 Å². The van der Waals surface area contributed by atoms with Gasteiger partial charge in [0.1, 0.15) is 5.82 Å². The molecule has 0 spiro atoms. The van der Waals surface area contributed by atoms with Crippen molar-refractivity contribution >= 4 is 11.8 Å². The van der Waals surface area contributed by atoms with Crippen LogP contribution in [0.3, 0.4) is 0 Å². The molecule has 0 unspecified atom stereocenters. The monoisotopic (exact) mass is 287 g/mol. The van der Waals surface area contributed by atoms with Crippen molar-refractivity contribution in [1.82, 2.24) is 15.2 Å². The highest BCUT2D eigenvalue weighted by Crippen LogP contribution is 2.21. The third kappa shape index (κ3) is 3.46. The smallest absolute Gasteiger partial charge is 0.194 e. The number of pyridine rings is 1. The number of guanidine groups is 1. The molecule has 1 fully saturated rings. The number of likely N-dealkylation sites (N-methyl/N-ethyl adjacent to an activating group) is 1. The zero-order valence-electron chi connectivity index (χ0n) is 13.0. The summed E-state index contributed by atoms with van der Waals surface area (Å²) >= 11 is 0. The molecule has 0 radical (unpaired) electrons. The van der Waals surface area contributed by atoms with Crippen molar-refractivity contribution in [3.05, 3.63) is 23.9 Å². The topological polar surface area (TPSA) is 43.8 Å². The second-order valence-electron chi connectivity index (χ2n) is 6.17. The summed E-state index contributed by atoms with van der Waals surface area (Å²) in [6, 6.07) is 4.32. The first-order chi connectivity index (χ1) is 10.2. The van der Waals surface area contributed by atoms with Gasteiger partial charge in [0.15, 0.2) is 5.96 Å². The number of rotatable bonds is 3. The lowest BCUT2D eigenvalue weighted by Gasteiger charge is -2.31. The van der Waals surface area contributed by atoms with Crippen molar-refractivity contribution in [2.45, 2.75) is 26.3 Å². The predicted molar refractivity (Wildman–Crippen MR) is 86.6 cm³/mol. The maximum Gasteiger partial charge on any atom is 0.194 e. The van der Waals surface area contributed by atoms with E-state index in [0.29, 0.717) is 0 Å². The summed E-state index contributed by atoms with van der Waals surface area (Å²) in [5.74, 6) is 2.96. The summed E-state index contributed by atoms with van der Waals surface area (Å²) in [5.41, 5.74) is 1.20. The Hall–Kier alpha value is -1.78. The Morgan fingerprint density at radius 1 is 1.24 bits per heavy atom. The molecular formula is C16H25N5. The highest BCUT2D eigenvalue weighted by atomic mass is 15.3. The van der Waals surface area contributed by atoms with Crippen LogP contribution in [-0.4, -0.2) is 49.1 Å². The number of piperidine rings is 1. The van der Waals surface area contributed by atoms with Gasteiger partial charge in [-0.1, -0.05) is 13.0 Å². The molecule has 1 saturated heterocycles. The van der Waals surface area contributed by atoms with E-state index in [9.17, 15) is 0 Å². The molecule has 0 atom stereocenters. The van der Waals surface area contributed by atoms with E-state index in [1.165, 1.54) is 18.4 Å². The molecule has 5 heteroatoms. The molecule has 21 heavy (non-hydrogen) atoms. The Balaban J connectivity index is 1.54. The molecule has 0 amide bonds. The van der Waals surface area contributed by atoms with Crippen LogP contribution in [0.2, 0.25) is 0 Å². The minimum atomic E-state index is 0.785. The average Bonchev–Trinajstić information content (AvgIpc) is 2.92. The van der Waals surface area contributed by atoms with Gasteiger partial charge < -0.3 is 15.1 Å². The molecule has 114 valence electrons. The molecule has 0 aliphatic carbocycles. The lowest BCUT2D eigenvalue weighted by atomic mass is 9.99. The van der Waals surface area contributed by atoms with Crippen LogP contribution in [0.15, 0.2) is 23.3 Å². The van der Waals surface area contributed by atoms with E-state index in [0.717, 1.165) is 50.4 Å². The molecule has 0 aromatic carbocycles. The molecule has 2 aliphatic heterocycles. The van der Waals surface area contributed by atoms with E-state index in [1.54, 1.807) is 0 Å². The van der Waals surface area contributed by atoms with E-state index in [1.807, 2.05) is 6.20 Å². The SMILES string of the molecule is CC1CCN(c2ccc(CNC3=NCCN3C)cn2)CC1. The Bertz CT molecular complexity index is 488. The van der Waals surface area contributed by atoms with Crippen molar-refractivity contribution in [3.8, 4) is 0 Å². The van der Waals surface area contributed by atoms with Crippen LogP contribution in [0.4, 0.5) is 5.82 Å². The molecule has 3 rings (SSSR count). The zero-order chi connectivity index (χ0) is 14.7. The van der Waals surface area contributed by atoms with Gasteiger partial charge in [-0.25, -0.2) is 4.98 Å². The number of nitrogens with zero attached hydrogens (tertiary/aromatic N) is 4. The average molecular weight is 287 g/mol. The third-order valence-electron chi connectivity index (χ3n) is 4.43. The molecular weight excluding hydrogens is 262 g/mol. The van der Waals surface area contributed by atoms with Gasteiger partial charge in [0.05, 0.1) is 6.54 Å². The van der Waals surface area contributed by atoms with E-state index >= 15 is 0 Å². The molecule has 1 N–H and O–H groups in total. The number of aromatic nitrogens is 1. The van der Waals surface area contributed by atoms with Crippen molar-refractivity contribution in [3.63, 3.8) is 0 Å². The standard InChI is InChI=1S/C16H25N5/c1-13-5-8-21(9-6-13)15-4-3-14(11-18-15)12-19-16-17-7-10-20(16)2/h3-4,11,13H,5-10,12H2,1-2H3,(H,17,19). The molecule has 5 nitrogen and oxygen atoms in total. The summed E-state index contributed by atoms with van der Waals surface area (Å²) in [5, 5.41) is 3.37. The largest absolute Gasteiger partial charge is 0.357 e. The number of hydrogen-bond acceptors (Lipinski definition) is 5. The van der Waals surface area contributed by atoms with Crippen LogP contribution in [0, 0.1) is 5.92 Å². The molecule has 2 aliphatic rings. The van der Waals surface area contributed by atoms with E-state index in [4.69, 9.17) is 0 Å². The fourth-order valence-corrected chi connectivity index (χ4v) is 2.85. The maximum atomic E-state index is 4.62. The van der Waals surface area contributed by atoms with Crippen LogP contribution in [0.25, 0.3) is 0 Å². The van der Waals surface area contributed by atoms with E-state index in [-0.39, 0.29) is 0 Å². The second kappa shape index (κ2) is 6.33. The summed E-state index contributed by atoms with van der Waals surface area (Å²) < 4.78 is 0. The molecule has 0 bridgehead atoms. The summed E-state index contributed by atoms with van der Waals surface area (Å²) in [4.78, 5) is 13.6. The van der Waals surface area contributed by atoms with Crippen molar-refractivity contribution in [2.75, 3.05) is 38.1 Å². The number of anilines is 1. The van der Waals surface area contributed by atoms with Crippen molar-refractivity contribution < 1.29 is 0 Å². The number of nitrogens with one attached hydrogen (secondary N) is 1. The fraction of sp³-hybridized carbons (Fsp3) is 0.625. The zero-order valence-corrected chi connectivity index (χ0v) is 13.0. The van der Waals surface area contributed by atoms with Crippen molar-refractivity contribution in [2.24, 2.45) is 10.9 Å². The van der Waals surface area contributed by atoms with Crippen LogP contribution < -0.4 is 10.2 Å². The summed E-state index contributed by atoms with van der Waals surface area (Å²) in [6.45, 7) is 7.28. The van der Waals surface area contributed by atoms with Gasteiger partial charge >= 0.3 is 0 Å². The molecule has 1 aromatic rings. The number of aliphatic imine (C=N–C) groups is 1. The molecule has 1 aromatic heterocycles. The quantitative estimate of drug-likeness (QED) is 0.919. The Kier molecular flexibility index (Phi) is 4.27. The molecule has 3 heterocycles. The number of hydrogen-bond donors (Lipinski definition) is 1. The summed E-state index contributed by atoms with van der Waals surface area (Å²) in [6.07, 6.45) is 4.53. The lowest BCUT2D eigenvalue weighted by molar-refractivity contribution is 0.436. The van der Waals surface area contributed by atoms with Crippen LogP contribution >= 0.6 is 0 Å². The Labute approximate surface area is 127 Å². The highest BCUT2D eigenvalue weighted by molar-refractivity contribution is 5.81. The third-order valence-corrected chi connectivity index (χ3v) is 4.43. The Morgan fingerprint density at radius 3 is 2.67 bits per heavy atom. The lowest BCUT2D eigenvalue weighted by Crippen LogP contribution is -2.35. The Morgan fingerprint density at radius 2 is 2.05 bits per heavy atom. The van der Waals surface area contributed by atoms with Gasteiger partial charge in [-0.05, 0) is 30.4 Å². The van der Waals surface area contributed by atoms with Gasteiger partial charge in [0, 0.05) is 39.4 Å². The van der Waals surface area contributed by atoms with Gasteiger partial charge in [-0.3, -0.25) is 4.99 Å². The van der Waals surface area contributed by atoms with Gasteiger partial charge in [-0.15, -0.1) is 0 Å². The summed E-state index contributed by atoms with van der Waals surface area (Å²) in [7, 11) is 2.07. The predicted octanol–water partition coefficient (Wildman–Crippen LogP) is 1.71. The first-order valence-electron chi connectivity index (χ1n) is 7.92. The van der Waals surface area contributed by atoms with Crippen LogP contribution in [-0.2, 0) is 6.54 Å². The second-order valence-corrected chi connectivity index (χ2v) is 6.17. The van der Waals surface area contributed by atoms with Crippen LogP contribution in [0.5, 0.6) is 0 Å². The van der Waals surface area contributed by atoms with Gasteiger partial charge in [-0.2, -0.15) is 0 Å². The van der Waals surface area contributed by atoms with Gasteiger partial charge in [0.25, 0.3) is 0 Å². The minimum Gasteiger partial charge on any atom is -0.357 e. The molecule has 0 saturated carbocycles. The maximum absolute atomic E-state index is 4.62. The minimum absolute atomic E-state index is 0.785. The highest BCUT2D eigenvalue weighted by Gasteiger charge is 2.17. The van der Waals surface area contributed by atoms with E-state index in [2.05, 4.69) is 51.2 Å². The van der Waals surface area contributed by atoms with Crippen molar-refractivity contribution in [1.29, 1.82) is 0 Å². The first kappa shape index (κ1) is 14.2.